The van der Waals surface area contributed by atoms with Crippen LogP contribution in [0.3, 0.4) is 0 Å². The maximum absolute atomic E-state index is 13.0. The lowest BCUT2D eigenvalue weighted by Gasteiger charge is -2.18. The predicted octanol–water partition coefficient (Wildman–Crippen LogP) is 5.26. The summed E-state index contributed by atoms with van der Waals surface area (Å²) < 4.78 is 5.67. The Hall–Kier alpha value is -2.34. The van der Waals surface area contributed by atoms with Crippen LogP contribution in [-0.4, -0.2) is 18.4 Å². The molecule has 5 nitrogen and oxygen atoms in total. The van der Waals surface area contributed by atoms with Gasteiger partial charge in [0, 0.05) is 17.5 Å². The summed E-state index contributed by atoms with van der Waals surface area (Å²) in [6.07, 6.45) is 5.01. The SMILES string of the molecule is CCCCOc1ccc(NC(=O)c2c(NC(C)=O)sc3c2CCC(C)C3)cc1. The van der Waals surface area contributed by atoms with Crippen molar-refractivity contribution in [2.75, 3.05) is 17.2 Å². The van der Waals surface area contributed by atoms with Gasteiger partial charge in [0.15, 0.2) is 0 Å². The Bertz CT molecular complexity index is 842. The molecular weight excluding hydrogens is 372 g/mol. The molecule has 0 aliphatic heterocycles. The fourth-order valence-electron chi connectivity index (χ4n) is 3.40. The smallest absolute Gasteiger partial charge is 0.258 e. The number of rotatable bonds is 7. The van der Waals surface area contributed by atoms with Crippen LogP contribution in [0.15, 0.2) is 24.3 Å². The fraction of sp³-hybridized carbons (Fsp3) is 0.455. The van der Waals surface area contributed by atoms with Gasteiger partial charge in [-0.25, -0.2) is 0 Å². The predicted molar refractivity (Wildman–Crippen MR) is 115 cm³/mol. The van der Waals surface area contributed by atoms with Gasteiger partial charge in [-0.2, -0.15) is 0 Å². The topological polar surface area (TPSA) is 67.4 Å². The average molecular weight is 401 g/mol. The first-order valence-electron chi connectivity index (χ1n) is 9.94. The molecule has 6 heteroatoms. The Balaban J connectivity index is 1.77. The molecule has 0 saturated carbocycles. The Labute approximate surface area is 170 Å². The highest BCUT2D eigenvalue weighted by Gasteiger charge is 2.28. The number of fused-ring (bicyclic) bond motifs is 1. The molecule has 1 aromatic carbocycles. The average Bonchev–Trinajstić information content (AvgIpc) is 2.99. The van der Waals surface area contributed by atoms with E-state index in [4.69, 9.17) is 4.74 Å². The molecule has 2 N–H and O–H groups in total. The number of benzene rings is 1. The molecule has 1 aromatic heterocycles. The normalized spacial score (nSPS) is 15.6. The number of hydrogen-bond donors (Lipinski definition) is 2. The Morgan fingerprint density at radius 3 is 2.64 bits per heavy atom. The van der Waals surface area contributed by atoms with Crippen LogP contribution in [0, 0.1) is 5.92 Å². The van der Waals surface area contributed by atoms with Crippen molar-refractivity contribution in [2.45, 2.75) is 52.9 Å². The lowest BCUT2D eigenvalue weighted by molar-refractivity contribution is -0.114. The first kappa shape index (κ1) is 20.4. The van der Waals surface area contributed by atoms with Crippen LogP contribution >= 0.6 is 11.3 Å². The minimum Gasteiger partial charge on any atom is -0.494 e. The third-order valence-corrected chi connectivity index (χ3v) is 6.08. The van der Waals surface area contributed by atoms with Gasteiger partial charge in [0.2, 0.25) is 5.91 Å². The van der Waals surface area contributed by atoms with E-state index in [0.29, 0.717) is 28.8 Å². The van der Waals surface area contributed by atoms with E-state index in [1.165, 1.54) is 23.1 Å². The minimum absolute atomic E-state index is 0.158. The molecule has 3 rings (SSSR count). The number of anilines is 2. The van der Waals surface area contributed by atoms with E-state index >= 15 is 0 Å². The van der Waals surface area contributed by atoms with Gasteiger partial charge in [0.05, 0.1) is 12.2 Å². The highest BCUT2D eigenvalue weighted by Crippen LogP contribution is 2.40. The van der Waals surface area contributed by atoms with Gasteiger partial charge >= 0.3 is 0 Å². The third kappa shape index (κ3) is 4.93. The molecule has 2 amide bonds. The van der Waals surface area contributed by atoms with E-state index in [1.807, 2.05) is 24.3 Å². The van der Waals surface area contributed by atoms with Crippen LogP contribution in [0.5, 0.6) is 5.75 Å². The number of thiophene rings is 1. The van der Waals surface area contributed by atoms with Crippen LogP contribution in [0.4, 0.5) is 10.7 Å². The van der Waals surface area contributed by atoms with Crippen molar-refractivity contribution < 1.29 is 14.3 Å². The van der Waals surface area contributed by atoms with Crippen LogP contribution in [0.1, 0.15) is 60.8 Å². The highest BCUT2D eigenvalue weighted by molar-refractivity contribution is 7.17. The number of unbranched alkanes of at least 4 members (excludes halogenated alkanes) is 1. The van der Waals surface area contributed by atoms with Crippen molar-refractivity contribution >= 4 is 33.8 Å². The molecule has 28 heavy (non-hydrogen) atoms. The second-order valence-corrected chi connectivity index (χ2v) is 8.52. The lowest BCUT2D eigenvalue weighted by atomic mass is 9.88. The van der Waals surface area contributed by atoms with Gasteiger partial charge in [-0.1, -0.05) is 20.3 Å². The summed E-state index contributed by atoms with van der Waals surface area (Å²) in [6.45, 7) is 6.52. The molecule has 1 aliphatic rings. The second-order valence-electron chi connectivity index (χ2n) is 7.42. The third-order valence-electron chi connectivity index (χ3n) is 4.91. The summed E-state index contributed by atoms with van der Waals surface area (Å²) >= 11 is 1.53. The van der Waals surface area contributed by atoms with Crippen molar-refractivity contribution in [1.82, 2.24) is 0 Å². The molecule has 0 radical (unpaired) electrons. The van der Waals surface area contributed by atoms with E-state index in [-0.39, 0.29) is 11.8 Å². The van der Waals surface area contributed by atoms with Gasteiger partial charge in [-0.3, -0.25) is 9.59 Å². The van der Waals surface area contributed by atoms with Gasteiger partial charge in [0.1, 0.15) is 10.8 Å². The number of amides is 2. The molecule has 1 atom stereocenters. The van der Waals surface area contributed by atoms with Gasteiger partial charge in [-0.05, 0) is 61.4 Å². The van der Waals surface area contributed by atoms with E-state index in [2.05, 4.69) is 24.5 Å². The molecule has 2 aromatic rings. The number of ether oxygens (including phenoxy) is 1. The molecular formula is C22H28N2O3S. The Morgan fingerprint density at radius 1 is 1.21 bits per heavy atom. The Morgan fingerprint density at radius 2 is 1.96 bits per heavy atom. The Kier molecular flexibility index (Phi) is 6.73. The molecule has 0 spiro atoms. The van der Waals surface area contributed by atoms with Crippen molar-refractivity contribution in [2.24, 2.45) is 5.92 Å². The fourth-order valence-corrected chi connectivity index (χ4v) is 4.86. The van der Waals surface area contributed by atoms with Crippen molar-refractivity contribution in [3.63, 3.8) is 0 Å². The molecule has 1 heterocycles. The number of carbonyl (C=O) groups is 2. The summed E-state index contributed by atoms with van der Waals surface area (Å²) in [6, 6.07) is 7.42. The summed E-state index contributed by atoms with van der Waals surface area (Å²) in [5, 5.41) is 6.48. The molecule has 1 unspecified atom stereocenters. The number of nitrogens with one attached hydrogen (secondary N) is 2. The summed E-state index contributed by atoms with van der Waals surface area (Å²) in [4.78, 5) is 25.9. The first-order valence-corrected chi connectivity index (χ1v) is 10.8. The van der Waals surface area contributed by atoms with Gasteiger partial charge in [-0.15, -0.1) is 11.3 Å². The van der Waals surface area contributed by atoms with Crippen LogP contribution in [-0.2, 0) is 17.6 Å². The largest absolute Gasteiger partial charge is 0.494 e. The number of hydrogen-bond acceptors (Lipinski definition) is 4. The van der Waals surface area contributed by atoms with Crippen molar-refractivity contribution in [3.8, 4) is 5.75 Å². The van der Waals surface area contributed by atoms with Gasteiger partial charge in [0.25, 0.3) is 5.91 Å². The van der Waals surface area contributed by atoms with E-state index < -0.39 is 0 Å². The zero-order valence-electron chi connectivity index (χ0n) is 16.8. The molecule has 0 fully saturated rings. The van der Waals surface area contributed by atoms with E-state index in [9.17, 15) is 9.59 Å². The van der Waals surface area contributed by atoms with E-state index in [0.717, 1.165) is 43.4 Å². The quantitative estimate of drug-likeness (QED) is 0.623. The zero-order chi connectivity index (χ0) is 20.1. The minimum atomic E-state index is -0.171. The van der Waals surface area contributed by atoms with Crippen LogP contribution < -0.4 is 15.4 Å². The maximum atomic E-state index is 13.0. The first-order chi connectivity index (χ1) is 13.5. The summed E-state index contributed by atoms with van der Waals surface area (Å²) in [5.74, 6) is 1.07. The van der Waals surface area contributed by atoms with Crippen molar-refractivity contribution in [3.05, 3.63) is 40.3 Å². The van der Waals surface area contributed by atoms with E-state index in [1.54, 1.807) is 0 Å². The zero-order valence-corrected chi connectivity index (χ0v) is 17.6. The standard InChI is InChI=1S/C22H28N2O3S/c1-4-5-12-27-17-9-7-16(8-10-17)24-21(26)20-18-11-6-14(2)13-19(18)28-22(20)23-15(3)25/h7-10,14H,4-6,11-13H2,1-3H3,(H,23,25)(H,24,26). The summed E-state index contributed by atoms with van der Waals surface area (Å²) in [7, 11) is 0. The molecule has 0 saturated heterocycles. The van der Waals surface area contributed by atoms with Crippen LogP contribution in [0.25, 0.3) is 0 Å². The lowest BCUT2D eigenvalue weighted by Crippen LogP contribution is -2.18. The monoisotopic (exact) mass is 400 g/mol. The van der Waals surface area contributed by atoms with Crippen molar-refractivity contribution in [1.29, 1.82) is 0 Å². The summed E-state index contributed by atoms with van der Waals surface area (Å²) in [5.41, 5.74) is 2.42. The molecule has 150 valence electrons. The number of carbonyl (C=O) groups excluding carboxylic acids is 2. The molecule has 0 bridgehead atoms. The highest BCUT2D eigenvalue weighted by atomic mass is 32.1. The molecule has 1 aliphatic carbocycles. The van der Waals surface area contributed by atoms with Crippen LogP contribution in [0.2, 0.25) is 0 Å². The maximum Gasteiger partial charge on any atom is 0.258 e. The van der Waals surface area contributed by atoms with Gasteiger partial charge < -0.3 is 15.4 Å². The second kappa shape index (κ2) is 9.24.